The van der Waals surface area contributed by atoms with Gasteiger partial charge in [0.2, 0.25) is 0 Å². The third-order valence-corrected chi connectivity index (χ3v) is 4.84. The molecule has 2 aromatic carbocycles. The number of aromatic amines is 1. The number of nitrogens with one attached hydrogen (secondary N) is 1. The summed E-state index contributed by atoms with van der Waals surface area (Å²) < 4.78 is 12.2. The number of rotatable bonds is 8. The van der Waals surface area contributed by atoms with Crippen LogP contribution in [0, 0.1) is 0 Å². The highest BCUT2D eigenvalue weighted by Gasteiger charge is 2.17. The number of hydrogen-bond acceptors (Lipinski definition) is 4. The summed E-state index contributed by atoms with van der Waals surface area (Å²) >= 11 is 0. The molecule has 0 bridgehead atoms. The molecule has 1 aromatic heterocycles. The highest BCUT2D eigenvalue weighted by Crippen LogP contribution is 2.19. The third-order valence-electron chi connectivity index (χ3n) is 4.84. The van der Waals surface area contributed by atoms with Crippen molar-refractivity contribution in [1.82, 2.24) is 9.78 Å². The molecule has 0 saturated heterocycles. The van der Waals surface area contributed by atoms with Crippen molar-refractivity contribution in [2.75, 3.05) is 14.2 Å². The summed E-state index contributed by atoms with van der Waals surface area (Å²) in [6.45, 7) is 4.43. The molecular formula is C23H27N3O3. The molecule has 3 rings (SSSR count). The van der Waals surface area contributed by atoms with Crippen molar-refractivity contribution >= 4 is 5.71 Å². The van der Waals surface area contributed by atoms with E-state index in [4.69, 9.17) is 14.5 Å². The molecule has 29 heavy (non-hydrogen) atoms. The lowest BCUT2D eigenvalue weighted by Crippen LogP contribution is -2.20. The first-order chi connectivity index (χ1) is 14.1. The van der Waals surface area contributed by atoms with Crippen molar-refractivity contribution in [3.63, 3.8) is 0 Å². The summed E-state index contributed by atoms with van der Waals surface area (Å²) in [5.74, 6) is 1.54. The van der Waals surface area contributed by atoms with Crippen LogP contribution in [-0.2, 0) is 13.0 Å². The molecule has 0 fully saturated rings. The van der Waals surface area contributed by atoms with Gasteiger partial charge < -0.3 is 9.47 Å². The highest BCUT2D eigenvalue weighted by atomic mass is 16.5. The van der Waals surface area contributed by atoms with Gasteiger partial charge >= 0.3 is 0 Å². The Kier molecular flexibility index (Phi) is 6.54. The van der Waals surface area contributed by atoms with Crippen LogP contribution in [-0.4, -0.2) is 29.7 Å². The normalized spacial score (nSPS) is 11.5. The lowest BCUT2D eigenvalue weighted by molar-refractivity contribution is 0.410. The zero-order valence-electron chi connectivity index (χ0n) is 17.4. The first kappa shape index (κ1) is 20.5. The standard InChI is InChI=1S/C23H27N3O3/c1-5-8-20-22(16(2)24-15-17-9-6-7-10-21(17)29-4)23(27)26(25-20)18-11-13-19(28-3)14-12-18/h6-7,9-14,25H,5,8,15H2,1-4H3. The number of para-hydroxylation sites is 1. The Hall–Kier alpha value is -3.28. The van der Waals surface area contributed by atoms with Crippen LogP contribution in [0.5, 0.6) is 11.5 Å². The second-order valence-electron chi connectivity index (χ2n) is 6.77. The largest absolute Gasteiger partial charge is 0.497 e. The summed E-state index contributed by atoms with van der Waals surface area (Å²) in [4.78, 5) is 17.9. The average Bonchev–Trinajstić information content (AvgIpc) is 3.08. The number of benzene rings is 2. The summed E-state index contributed by atoms with van der Waals surface area (Å²) in [5.41, 5.74) is 3.90. The predicted molar refractivity (Wildman–Crippen MR) is 116 cm³/mol. The van der Waals surface area contributed by atoms with Gasteiger partial charge in [0, 0.05) is 17.0 Å². The van der Waals surface area contributed by atoms with E-state index in [2.05, 4.69) is 12.0 Å². The fraction of sp³-hybridized carbons (Fsp3) is 0.304. The molecule has 1 heterocycles. The van der Waals surface area contributed by atoms with Gasteiger partial charge in [-0.05, 0) is 43.7 Å². The van der Waals surface area contributed by atoms with E-state index in [0.717, 1.165) is 41.3 Å². The van der Waals surface area contributed by atoms with Crippen LogP contribution >= 0.6 is 0 Å². The number of hydrogen-bond donors (Lipinski definition) is 1. The van der Waals surface area contributed by atoms with Crippen LogP contribution in [0.3, 0.4) is 0 Å². The Labute approximate surface area is 170 Å². The molecule has 0 aliphatic rings. The van der Waals surface area contributed by atoms with Crippen LogP contribution in [0.1, 0.15) is 37.1 Å². The third kappa shape index (κ3) is 4.42. The lowest BCUT2D eigenvalue weighted by Gasteiger charge is -2.06. The van der Waals surface area contributed by atoms with E-state index < -0.39 is 0 Å². The zero-order valence-corrected chi connectivity index (χ0v) is 17.4. The van der Waals surface area contributed by atoms with Gasteiger partial charge in [-0.1, -0.05) is 31.5 Å². The number of ether oxygens (including phenoxy) is 2. The van der Waals surface area contributed by atoms with Gasteiger partial charge in [0.1, 0.15) is 11.5 Å². The van der Waals surface area contributed by atoms with Gasteiger partial charge in [0.15, 0.2) is 0 Å². The molecule has 0 saturated carbocycles. The van der Waals surface area contributed by atoms with Crippen molar-refractivity contribution in [2.24, 2.45) is 4.99 Å². The molecular weight excluding hydrogens is 366 g/mol. The van der Waals surface area contributed by atoms with E-state index in [1.54, 1.807) is 18.9 Å². The maximum absolute atomic E-state index is 13.2. The van der Waals surface area contributed by atoms with E-state index in [0.29, 0.717) is 17.8 Å². The molecule has 0 unspecified atom stereocenters. The van der Waals surface area contributed by atoms with Crippen molar-refractivity contribution < 1.29 is 9.47 Å². The quantitative estimate of drug-likeness (QED) is 0.585. The van der Waals surface area contributed by atoms with Crippen molar-refractivity contribution in [1.29, 1.82) is 0 Å². The molecule has 6 nitrogen and oxygen atoms in total. The fourth-order valence-corrected chi connectivity index (χ4v) is 3.32. The minimum Gasteiger partial charge on any atom is -0.497 e. The van der Waals surface area contributed by atoms with Crippen molar-refractivity contribution in [2.45, 2.75) is 33.2 Å². The molecule has 0 radical (unpaired) electrons. The van der Waals surface area contributed by atoms with E-state index in [-0.39, 0.29) is 5.56 Å². The zero-order chi connectivity index (χ0) is 20.8. The number of aryl methyl sites for hydroxylation is 1. The van der Waals surface area contributed by atoms with E-state index >= 15 is 0 Å². The highest BCUT2D eigenvalue weighted by molar-refractivity contribution is 5.99. The minimum atomic E-state index is -0.0973. The molecule has 0 aliphatic heterocycles. The minimum absolute atomic E-state index is 0.0973. The Morgan fingerprint density at radius 3 is 2.45 bits per heavy atom. The van der Waals surface area contributed by atoms with Crippen molar-refractivity contribution in [3.8, 4) is 17.2 Å². The smallest absolute Gasteiger partial charge is 0.280 e. The number of methoxy groups -OCH3 is 2. The number of H-pyrrole nitrogens is 1. The average molecular weight is 393 g/mol. The summed E-state index contributed by atoms with van der Waals surface area (Å²) in [5, 5.41) is 3.26. The molecule has 3 aromatic rings. The van der Waals surface area contributed by atoms with Crippen molar-refractivity contribution in [3.05, 3.63) is 75.7 Å². The summed E-state index contributed by atoms with van der Waals surface area (Å²) in [6.07, 6.45) is 1.70. The lowest BCUT2D eigenvalue weighted by atomic mass is 10.1. The molecule has 1 N–H and O–H groups in total. The predicted octanol–water partition coefficient (Wildman–Crippen LogP) is 4.14. The summed E-state index contributed by atoms with van der Waals surface area (Å²) in [6, 6.07) is 15.2. The monoisotopic (exact) mass is 393 g/mol. The maximum Gasteiger partial charge on any atom is 0.280 e. The number of nitrogens with zero attached hydrogens (tertiary/aromatic N) is 2. The van der Waals surface area contributed by atoms with E-state index in [1.807, 2.05) is 55.5 Å². The van der Waals surface area contributed by atoms with Gasteiger partial charge in [0.25, 0.3) is 5.56 Å². The second kappa shape index (κ2) is 9.28. The molecule has 152 valence electrons. The Morgan fingerprint density at radius 2 is 1.79 bits per heavy atom. The topological polar surface area (TPSA) is 68.6 Å². The maximum atomic E-state index is 13.2. The van der Waals surface area contributed by atoms with Crippen LogP contribution in [0.15, 0.2) is 58.3 Å². The van der Waals surface area contributed by atoms with Crippen LogP contribution in [0.4, 0.5) is 0 Å². The number of aromatic nitrogens is 2. The van der Waals surface area contributed by atoms with E-state index in [1.165, 1.54) is 0 Å². The van der Waals surface area contributed by atoms with E-state index in [9.17, 15) is 4.79 Å². The second-order valence-corrected chi connectivity index (χ2v) is 6.77. The molecule has 0 amide bonds. The Morgan fingerprint density at radius 1 is 1.07 bits per heavy atom. The Bertz CT molecular complexity index is 1050. The van der Waals surface area contributed by atoms with Gasteiger partial charge in [-0.3, -0.25) is 14.9 Å². The first-order valence-electron chi connectivity index (χ1n) is 9.70. The first-order valence-corrected chi connectivity index (χ1v) is 9.70. The van der Waals surface area contributed by atoms with Gasteiger partial charge in [0.05, 0.1) is 32.0 Å². The fourth-order valence-electron chi connectivity index (χ4n) is 3.32. The molecule has 0 aliphatic carbocycles. The molecule has 0 atom stereocenters. The van der Waals surface area contributed by atoms with Crippen LogP contribution < -0.4 is 15.0 Å². The van der Waals surface area contributed by atoms with Crippen LogP contribution in [0.2, 0.25) is 0 Å². The Balaban J connectivity index is 1.98. The van der Waals surface area contributed by atoms with Gasteiger partial charge in [-0.15, -0.1) is 0 Å². The van der Waals surface area contributed by atoms with Gasteiger partial charge in [-0.25, -0.2) is 4.68 Å². The summed E-state index contributed by atoms with van der Waals surface area (Å²) in [7, 11) is 3.27. The SMILES string of the molecule is CCCc1[nH]n(-c2ccc(OC)cc2)c(=O)c1C(C)=NCc1ccccc1OC. The molecule has 6 heteroatoms. The van der Waals surface area contributed by atoms with Gasteiger partial charge in [-0.2, -0.15) is 0 Å². The van der Waals surface area contributed by atoms with Crippen LogP contribution in [0.25, 0.3) is 5.69 Å². The number of aliphatic imine (C=N–C) groups is 1. The molecule has 0 spiro atoms.